The van der Waals surface area contributed by atoms with Gasteiger partial charge in [0, 0.05) is 38.4 Å². The Bertz CT molecular complexity index is 879. The fourth-order valence-corrected chi connectivity index (χ4v) is 4.29. The first-order valence-corrected chi connectivity index (χ1v) is 10.8. The molecule has 9 heteroatoms. The van der Waals surface area contributed by atoms with Crippen LogP contribution >= 0.6 is 24.0 Å². The number of hydrogen-bond acceptors (Lipinski definition) is 4. The molecule has 0 aliphatic carbocycles. The number of halogens is 1. The molecule has 0 aliphatic rings. The molecule has 156 valence electrons. The Morgan fingerprint density at radius 3 is 2.43 bits per heavy atom. The molecule has 2 aromatic rings. The van der Waals surface area contributed by atoms with Crippen LogP contribution < -0.4 is 10.6 Å². The normalized spacial score (nSPS) is 11.8. The predicted octanol–water partition coefficient (Wildman–Crippen LogP) is 2.33. The van der Waals surface area contributed by atoms with E-state index in [1.165, 1.54) is 0 Å². The van der Waals surface area contributed by atoms with E-state index in [9.17, 15) is 8.42 Å². The topological polar surface area (TPSA) is 88.4 Å². The quantitative estimate of drug-likeness (QED) is 0.242. The maximum absolute atomic E-state index is 12.2. The molecule has 28 heavy (non-hydrogen) atoms. The van der Waals surface area contributed by atoms with E-state index >= 15 is 0 Å². The van der Waals surface area contributed by atoms with E-state index in [2.05, 4.69) is 20.7 Å². The Balaban J connectivity index is 0.00000392. The summed E-state index contributed by atoms with van der Waals surface area (Å²) in [5.74, 6) is 0.880. The van der Waals surface area contributed by atoms with Crippen molar-refractivity contribution in [3.8, 4) is 0 Å². The summed E-state index contributed by atoms with van der Waals surface area (Å²) in [7, 11) is 0.510. The van der Waals surface area contributed by atoms with Gasteiger partial charge in [0.05, 0.1) is 17.2 Å². The van der Waals surface area contributed by atoms with Crippen LogP contribution in [0.2, 0.25) is 0 Å². The maximum atomic E-state index is 12.2. The minimum atomic E-state index is -3.11. The van der Waals surface area contributed by atoms with Crippen molar-refractivity contribution in [1.82, 2.24) is 20.4 Å². The van der Waals surface area contributed by atoms with Gasteiger partial charge in [0.15, 0.2) is 15.8 Å². The third-order valence-corrected chi connectivity index (χ3v) is 6.15. The molecule has 0 unspecified atom stereocenters. The highest BCUT2D eigenvalue weighted by molar-refractivity contribution is 14.0. The van der Waals surface area contributed by atoms with Gasteiger partial charge >= 0.3 is 0 Å². The number of nitrogens with one attached hydrogen (secondary N) is 2. The van der Waals surface area contributed by atoms with Gasteiger partial charge in [-0.2, -0.15) is 5.10 Å². The van der Waals surface area contributed by atoms with Gasteiger partial charge < -0.3 is 10.6 Å². The molecule has 0 spiro atoms. The van der Waals surface area contributed by atoms with Crippen LogP contribution in [0.1, 0.15) is 28.9 Å². The number of aliphatic imine (C=N–C) groups is 1. The first-order chi connectivity index (χ1) is 12.8. The number of benzene rings is 1. The van der Waals surface area contributed by atoms with Crippen LogP contribution in [0, 0.1) is 13.8 Å². The van der Waals surface area contributed by atoms with Crippen molar-refractivity contribution >= 4 is 39.8 Å². The number of aromatic nitrogens is 2. The molecular formula is C19H30IN5O2S. The highest BCUT2D eigenvalue weighted by Gasteiger charge is 2.12. The highest BCUT2D eigenvalue weighted by Crippen LogP contribution is 2.11. The van der Waals surface area contributed by atoms with Crippen LogP contribution in [0.15, 0.2) is 35.3 Å². The number of guanidine groups is 1. The van der Waals surface area contributed by atoms with Crippen molar-refractivity contribution in [2.75, 3.05) is 19.3 Å². The third-order valence-electron chi connectivity index (χ3n) is 4.47. The summed E-state index contributed by atoms with van der Waals surface area (Å²) in [6.45, 7) is 5.18. The van der Waals surface area contributed by atoms with Crippen molar-refractivity contribution in [3.63, 3.8) is 0 Å². The molecule has 1 heterocycles. The van der Waals surface area contributed by atoms with E-state index in [4.69, 9.17) is 0 Å². The number of aryl methyl sites for hydroxylation is 2. The first kappa shape index (κ1) is 24.4. The molecule has 0 saturated heterocycles. The predicted molar refractivity (Wildman–Crippen MR) is 125 cm³/mol. The Morgan fingerprint density at radius 2 is 1.86 bits per heavy atom. The lowest BCUT2D eigenvalue weighted by atomic mass is 10.2. The Kier molecular flexibility index (Phi) is 9.94. The molecule has 0 atom stereocenters. The summed E-state index contributed by atoms with van der Waals surface area (Å²) < 4.78 is 26.3. The van der Waals surface area contributed by atoms with Crippen molar-refractivity contribution in [2.24, 2.45) is 12.0 Å². The zero-order valence-corrected chi connectivity index (χ0v) is 20.0. The molecule has 7 nitrogen and oxygen atoms in total. The largest absolute Gasteiger partial charge is 0.356 e. The molecule has 2 N–H and O–H groups in total. The molecule has 0 bridgehead atoms. The smallest absolute Gasteiger partial charge is 0.191 e. The summed E-state index contributed by atoms with van der Waals surface area (Å²) in [6.07, 6.45) is 0.529. The van der Waals surface area contributed by atoms with E-state index in [1.54, 1.807) is 7.05 Å². The van der Waals surface area contributed by atoms with Crippen molar-refractivity contribution in [3.05, 3.63) is 52.8 Å². The standard InChI is InChI=1S/C19H29N5O2S.HI/c1-15-18(16(2)24(4)23-15)13-22-19(20-3)21-11-8-12-27(25,26)14-17-9-6-5-7-10-17;/h5-7,9-10H,8,11-14H2,1-4H3,(H2,20,21,22);1H. The zero-order valence-electron chi connectivity index (χ0n) is 16.9. The minimum absolute atomic E-state index is 0. The van der Waals surface area contributed by atoms with Gasteiger partial charge in [-0.3, -0.25) is 9.67 Å². The van der Waals surface area contributed by atoms with Crippen LogP contribution in [0.4, 0.5) is 0 Å². The Morgan fingerprint density at radius 1 is 1.18 bits per heavy atom. The minimum Gasteiger partial charge on any atom is -0.356 e. The fraction of sp³-hybridized carbons (Fsp3) is 0.474. The Labute approximate surface area is 185 Å². The number of rotatable bonds is 8. The van der Waals surface area contributed by atoms with E-state index in [0.29, 0.717) is 25.5 Å². The molecule has 2 rings (SSSR count). The van der Waals surface area contributed by atoms with Gasteiger partial charge in [-0.15, -0.1) is 24.0 Å². The summed E-state index contributed by atoms with van der Waals surface area (Å²) in [5.41, 5.74) is 4.07. The fourth-order valence-electron chi connectivity index (χ4n) is 2.87. The van der Waals surface area contributed by atoms with E-state index in [-0.39, 0.29) is 35.5 Å². The van der Waals surface area contributed by atoms with Crippen LogP contribution in [-0.4, -0.2) is 43.5 Å². The Hall–Kier alpha value is -1.62. The van der Waals surface area contributed by atoms with Crippen molar-refractivity contribution in [2.45, 2.75) is 32.6 Å². The SMILES string of the molecule is CN=C(NCCCS(=O)(=O)Cc1ccccc1)NCc1c(C)nn(C)c1C.I. The van der Waals surface area contributed by atoms with Gasteiger partial charge in [0.25, 0.3) is 0 Å². The van der Waals surface area contributed by atoms with Crippen LogP contribution in [0.3, 0.4) is 0 Å². The molecule has 0 saturated carbocycles. The van der Waals surface area contributed by atoms with Gasteiger partial charge in [-0.05, 0) is 25.8 Å². The molecule has 1 aromatic carbocycles. The summed E-state index contributed by atoms with van der Waals surface area (Å²) in [4.78, 5) is 4.19. The lowest BCUT2D eigenvalue weighted by Gasteiger charge is -2.12. The zero-order chi connectivity index (χ0) is 19.9. The van der Waals surface area contributed by atoms with Gasteiger partial charge in [0.2, 0.25) is 0 Å². The number of hydrogen-bond donors (Lipinski definition) is 2. The highest BCUT2D eigenvalue weighted by atomic mass is 127. The molecule has 1 aromatic heterocycles. The average Bonchev–Trinajstić information content (AvgIpc) is 2.87. The average molecular weight is 519 g/mol. The number of sulfone groups is 1. The lowest BCUT2D eigenvalue weighted by Crippen LogP contribution is -2.38. The summed E-state index contributed by atoms with van der Waals surface area (Å²) in [6, 6.07) is 9.27. The second-order valence-electron chi connectivity index (χ2n) is 6.56. The summed E-state index contributed by atoms with van der Waals surface area (Å²) in [5, 5.41) is 10.8. The van der Waals surface area contributed by atoms with Gasteiger partial charge in [-0.25, -0.2) is 8.42 Å². The molecule has 0 fully saturated rings. The van der Waals surface area contributed by atoms with Crippen LogP contribution in [0.25, 0.3) is 0 Å². The lowest BCUT2D eigenvalue weighted by molar-refractivity contribution is 0.591. The van der Waals surface area contributed by atoms with Crippen LogP contribution in [-0.2, 0) is 29.2 Å². The third kappa shape index (κ3) is 7.42. The van der Waals surface area contributed by atoms with Gasteiger partial charge in [0.1, 0.15) is 0 Å². The molecule has 0 aliphatic heterocycles. The van der Waals surface area contributed by atoms with Crippen molar-refractivity contribution < 1.29 is 8.42 Å². The summed E-state index contributed by atoms with van der Waals surface area (Å²) >= 11 is 0. The molecular weight excluding hydrogens is 489 g/mol. The monoisotopic (exact) mass is 519 g/mol. The van der Waals surface area contributed by atoms with E-state index in [1.807, 2.05) is 55.9 Å². The van der Waals surface area contributed by atoms with Gasteiger partial charge in [-0.1, -0.05) is 30.3 Å². The second kappa shape index (κ2) is 11.4. The van der Waals surface area contributed by atoms with E-state index < -0.39 is 9.84 Å². The second-order valence-corrected chi connectivity index (χ2v) is 8.74. The van der Waals surface area contributed by atoms with E-state index in [0.717, 1.165) is 22.5 Å². The van der Waals surface area contributed by atoms with Crippen molar-refractivity contribution in [1.29, 1.82) is 0 Å². The molecule has 0 radical (unpaired) electrons. The first-order valence-electron chi connectivity index (χ1n) is 9.00. The number of nitrogens with zero attached hydrogens (tertiary/aromatic N) is 3. The maximum Gasteiger partial charge on any atom is 0.191 e. The molecule has 0 amide bonds. The van der Waals surface area contributed by atoms with Crippen LogP contribution in [0.5, 0.6) is 0 Å².